The monoisotopic (exact) mass is 406 g/mol. The summed E-state index contributed by atoms with van der Waals surface area (Å²) in [5, 5.41) is 9.48. The van der Waals surface area contributed by atoms with Crippen LogP contribution in [0.15, 0.2) is 45.9 Å². The maximum absolute atomic E-state index is 12.1. The average Bonchev–Trinajstić information content (AvgIpc) is 2.66. The molecule has 1 aliphatic heterocycles. The Morgan fingerprint density at radius 1 is 1.39 bits per heavy atom. The summed E-state index contributed by atoms with van der Waals surface area (Å²) in [6, 6.07) is 5.39. The standard InChI is InChI=1S/C20H30N4O3S/c1-6-21-20(22-7-2)24-11-10-23(13-18(24)15(3)4)17-9-8-16(14-25)19(12-17)28(5,26)27/h6-9,12,15,18,25H,1,10-11,13-14H2,2-5H3/b21-20+,22-7-/t18-/m0/s1. The van der Waals surface area contributed by atoms with Crippen LogP contribution in [0.25, 0.3) is 0 Å². The predicted molar refractivity (Wildman–Crippen MR) is 115 cm³/mol. The van der Waals surface area contributed by atoms with Crippen molar-refractivity contribution >= 4 is 27.7 Å². The molecule has 1 aromatic rings. The first-order valence-electron chi connectivity index (χ1n) is 9.35. The SMILES string of the molecule is C=C/N=C(\N=C/C)N1CCN(c2ccc(CO)c(S(C)(=O)=O)c2)C[C@H]1C(C)C. The van der Waals surface area contributed by atoms with Crippen molar-refractivity contribution in [3.8, 4) is 0 Å². The van der Waals surface area contributed by atoms with Crippen molar-refractivity contribution in [1.29, 1.82) is 0 Å². The first-order valence-corrected chi connectivity index (χ1v) is 11.2. The van der Waals surface area contributed by atoms with Gasteiger partial charge in [-0.1, -0.05) is 26.5 Å². The maximum Gasteiger partial charge on any atom is 0.225 e. The van der Waals surface area contributed by atoms with Crippen LogP contribution in [0, 0.1) is 5.92 Å². The van der Waals surface area contributed by atoms with Crippen molar-refractivity contribution in [3.05, 3.63) is 36.5 Å². The molecule has 0 amide bonds. The minimum atomic E-state index is -3.42. The van der Waals surface area contributed by atoms with E-state index in [2.05, 4.69) is 40.2 Å². The number of anilines is 1. The van der Waals surface area contributed by atoms with E-state index in [-0.39, 0.29) is 17.5 Å². The molecule has 28 heavy (non-hydrogen) atoms. The van der Waals surface area contributed by atoms with Gasteiger partial charge >= 0.3 is 0 Å². The smallest absolute Gasteiger partial charge is 0.225 e. The first kappa shape index (κ1) is 22.1. The molecule has 0 aliphatic carbocycles. The zero-order chi connectivity index (χ0) is 20.9. The van der Waals surface area contributed by atoms with Crippen LogP contribution in [0.2, 0.25) is 0 Å². The fraction of sp³-hybridized carbons (Fsp3) is 0.500. The summed E-state index contributed by atoms with van der Waals surface area (Å²) in [6.07, 6.45) is 4.39. The van der Waals surface area contributed by atoms with Crippen molar-refractivity contribution in [2.75, 3.05) is 30.8 Å². The molecule has 7 nitrogen and oxygen atoms in total. The summed E-state index contributed by atoms with van der Waals surface area (Å²) in [5.74, 6) is 0.985. The molecule has 0 unspecified atom stereocenters. The fourth-order valence-corrected chi connectivity index (χ4v) is 4.40. The number of rotatable bonds is 5. The lowest BCUT2D eigenvalue weighted by molar-refractivity contribution is 0.223. The Kier molecular flexibility index (Phi) is 7.37. The van der Waals surface area contributed by atoms with Crippen molar-refractivity contribution in [2.45, 2.75) is 38.3 Å². The average molecular weight is 407 g/mol. The summed E-state index contributed by atoms with van der Waals surface area (Å²) in [5.41, 5.74) is 1.26. The van der Waals surface area contributed by atoms with E-state index in [1.165, 1.54) is 12.5 Å². The van der Waals surface area contributed by atoms with Gasteiger partial charge < -0.3 is 14.9 Å². The van der Waals surface area contributed by atoms with Gasteiger partial charge in [-0.15, -0.1) is 0 Å². The molecular weight excluding hydrogens is 376 g/mol. The number of aliphatic hydroxyl groups is 1. The van der Waals surface area contributed by atoms with E-state index in [1.54, 1.807) is 18.3 Å². The highest BCUT2D eigenvalue weighted by molar-refractivity contribution is 7.90. The van der Waals surface area contributed by atoms with E-state index in [9.17, 15) is 13.5 Å². The number of nitrogens with zero attached hydrogens (tertiary/aromatic N) is 4. The van der Waals surface area contributed by atoms with E-state index < -0.39 is 9.84 Å². The first-order chi connectivity index (χ1) is 13.2. The minimum Gasteiger partial charge on any atom is -0.392 e. The van der Waals surface area contributed by atoms with Crippen LogP contribution >= 0.6 is 0 Å². The topological polar surface area (TPSA) is 85.6 Å². The molecule has 8 heteroatoms. The van der Waals surface area contributed by atoms with Gasteiger partial charge in [0.15, 0.2) is 9.84 Å². The largest absolute Gasteiger partial charge is 0.392 e. The van der Waals surface area contributed by atoms with Gasteiger partial charge in [0.1, 0.15) is 0 Å². The summed E-state index contributed by atoms with van der Waals surface area (Å²) < 4.78 is 24.3. The Hall–Kier alpha value is -2.19. The summed E-state index contributed by atoms with van der Waals surface area (Å²) in [4.78, 5) is 13.3. The lowest BCUT2D eigenvalue weighted by Crippen LogP contribution is -2.57. The highest BCUT2D eigenvalue weighted by Gasteiger charge is 2.31. The molecule has 1 N–H and O–H groups in total. The third-order valence-electron chi connectivity index (χ3n) is 4.88. The Balaban J connectivity index is 2.36. The van der Waals surface area contributed by atoms with E-state index >= 15 is 0 Å². The number of aliphatic imine (C=N–C) groups is 2. The van der Waals surface area contributed by atoms with Crippen LogP contribution in [-0.2, 0) is 16.4 Å². The maximum atomic E-state index is 12.1. The molecule has 2 rings (SSSR count). The molecule has 0 radical (unpaired) electrons. The Morgan fingerprint density at radius 2 is 2.11 bits per heavy atom. The molecule has 0 spiro atoms. The van der Waals surface area contributed by atoms with Gasteiger partial charge in [-0.25, -0.2) is 18.4 Å². The summed E-state index contributed by atoms with van der Waals surface area (Å²) in [7, 11) is -3.42. The van der Waals surface area contributed by atoms with Gasteiger partial charge in [-0.3, -0.25) is 0 Å². The van der Waals surface area contributed by atoms with Gasteiger partial charge in [0.25, 0.3) is 0 Å². The van der Waals surface area contributed by atoms with Crippen LogP contribution in [0.1, 0.15) is 26.3 Å². The minimum absolute atomic E-state index is 0.162. The van der Waals surface area contributed by atoms with Gasteiger partial charge in [-0.05, 0) is 30.5 Å². The molecule has 1 heterocycles. The molecule has 1 fully saturated rings. The Morgan fingerprint density at radius 3 is 2.64 bits per heavy atom. The molecule has 154 valence electrons. The van der Waals surface area contributed by atoms with E-state index in [4.69, 9.17) is 0 Å². The molecule has 0 saturated carbocycles. The number of sulfone groups is 1. The number of hydrogen-bond donors (Lipinski definition) is 1. The molecule has 0 aromatic heterocycles. The predicted octanol–water partition coefficient (Wildman–Crippen LogP) is 2.32. The zero-order valence-corrected chi connectivity index (χ0v) is 17.9. The number of benzene rings is 1. The van der Waals surface area contributed by atoms with E-state index in [1.807, 2.05) is 13.0 Å². The lowest BCUT2D eigenvalue weighted by Gasteiger charge is -2.44. The highest BCUT2D eigenvalue weighted by Crippen LogP contribution is 2.27. The van der Waals surface area contributed by atoms with Crippen LogP contribution in [0.4, 0.5) is 5.69 Å². The van der Waals surface area contributed by atoms with Crippen molar-refractivity contribution < 1.29 is 13.5 Å². The normalized spacial score (nSPS) is 18.9. The van der Waals surface area contributed by atoms with Crippen LogP contribution in [-0.4, -0.2) is 62.5 Å². The van der Waals surface area contributed by atoms with Crippen molar-refractivity contribution in [1.82, 2.24) is 4.90 Å². The second-order valence-corrected chi connectivity index (χ2v) is 9.16. The molecule has 1 aromatic carbocycles. The summed E-state index contributed by atoms with van der Waals surface area (Å²) in [6.45, 7) is 11.7. The van der Waals surface area contributed by atoms with E-state index in [0.717, 1.165) is 12.2 Å². The number of piperazine rings is 1. The summed E-state index contributed by atoms with van der Waals surface area (Å²) >= 11 is 0. The third kappa shape index (κ3) is 4.99. The van der Waals surface area contributed by atoms with Crippen LogP contribution < -0.4 is 4.90 Å². The van der Waals surface area contributed by atoms with Gasteiger partial charge in [0, 0.05) is 44.0 Å². The number of aliphatic hydroxyl groups excluding tert-OH is 1. The molecule has 1 atom stereocenters. The molecular formula is C20H30N4O3S. The van der Waals surface area contributed by atoms with Gasteiger partial charge in [0.2, 0.25) is 5.96 Å². The number of guanidine groups is 1. The van der Waals surface area contributed by atoms with Gasteiger partial charge in [-0.2, -0.15) is 0 Å². The fourth-order valence-electron chi connectivity index (χ4n) is 3.46. The van der Waals surface area contributed by atoms with Crippen molar-refractivity contribution in [3.63, 3.8) is 0 Å². The zero-order valence-electron chi connectivity index (χ0n) is 17.0. The van der Waals surface area contributed by atoms with Crippen LogP contribution in [0.3, 0.4) is 0 Å². The Bertz CT molecular complexity index is 862. The lowest BCUT2D eigenvalue weighted by atomic mass is 9.99. The second kappa shape index (κ2) is 9.34. The third-order valence-corrected chi connectivity index (χ3v) is 6.06. The van der Waals surface area contributed by atoms with Gasteiger partial charge in [0.05, 0.1) is 17.5 Å². The molecule has 1 saturated heterocycles. The molecule has 0 bridgehead atoms. The quantitative estimate of drug-likeness (QED) is 0.599. The molecule has 1 aliphatic rings. The van der Waals surface area contributed by atoms with Crippen molar-refractivity contribution in [2.24, 2.45) is 15.9 Å². The number of hydrogen-bond acceptors (Lipinski definition) is 5. The van der Waals surface area contributed by atoms with Crippen LogP contribution in [0.5, 0.6) is 0 Å². The highest BCUT2D eigenvalue weighted by atomic mass is 32.2. The Labute approximate surface area is 168 Å². The van der Waals surface area contributed by atoms with E-state index in [0.29, 0.717) is 30.5 Å². The second-order valence-electron chi connectivity index (χ2n) is 7.17.